The summed E-state index contributed by atoms with van der Waals surface area (Å²) >= 11 is 0. The summed E-state index contributed by atoms with van der Waals surface area (Å²) in [5.41, 5.74) is 5.41. The third-order valence-corrected chi connectivity index (χ3v) is 4.39. The van der Waals surface area contributed by atoms with Crippen LogP contribution >= 0.6 is 0 Å². The lowest BCUT2D eigenvalue weighted by atomic mass is 10.1. The summed E-state index contributed by atoms with van der Waals surface area (Å²) < 4.78 is 28.7. The van der Waals surface area contributed by atoms with Crippen LogP contribution in [-0.4, -0.2) is 46.9 Å². The molecule has 24 heavy (non-hydrogen) atoms. The average molecular weight is 369 g/mol. The van der Waals surface area contributed by atoms with Gasteiger partial charge in [0.15, 0.2) is 5.25 Å². The minimum atomic E-state index is -4.84. The van der Waals surface area contributed by atoms with Crippen molar-refractivity contribution in [2.24, 2.45) is 5.73 Å². The Balaban J connectivity index is 0. The largest absolute Gasteiger partial charge is 0.481 e. The predicted octanol–water partition coefficient (Wildman–Crippen LogP) is 2.28. The number of carbonyl (C=O) groups is 2. The van der Waals surface area contributed by atoms with Crippen molar-refractivity contribution >= 4 is 22.1 Å². The summed E-state index contributed by atoms with van der Waals surface area (Å²) in [5.74, 6) is -3.50. The topological polar surface area (TPSA) is 155 Å². The summed E-state index contributed by atoms with van der Waals surface area (Å²) in [7, 11) is -4.84. The van der Waals surface area contributed by atoms with Gasteiger partial charge in [-0.1, -0.05) is 58.3 Å². The number of carboxylic acid groups (broad SMARTS) is 2. The van der Waals surface area contributed by atoms with E-state index in [1.165, 1.54) is 57.8 Å². The van der Waals surface area contributed by atoms with Crippen LogP contribution in [0.2, 0.25) is 0 Å². The second-order valence-electron chi connectivity index (χ2n) is 5.56. The number of carboxylic acids is 2. The molecular formula is C15H31NO7S. The molecule has 0 saturated heterocycles. The highest BCUT2D eigenvalue weighted by Gasteiger charge is 2.33. The Morgan fingerprint density at radius 2 is 1.33 bits per heavy atom. The average Bonchev–Trinajstić information content (AvgIpc) is 2.47. The molecule has 0 aliphatic heterocycles. The van der Waals surface area contributed by atoms with E-state index in [0.29, 0.717) is 0 Å². The molecule has 0 bridgehead atoms. The van der Waals surface area contributed by atoms with Crippen LogP contribution in [0.25, 0.3) is 0 Å². The van der Waals surface area contributed by atoms with Gasteiger partial charge in [-0.15, -0.1) is 0 Å². The van der Waals surface area contributed by atoms with E-state index in [9.17, 15) is 18.0 Å². The Hall–Kier alpha value is -1.19. The van der Waals surface area contributed by atoms with Crippen LogP contribution in [0.15, 0.2) is 0 Å². The van der Waals surface area contributed by atoms with Crippen molar-refractivity contribution in [3.05, 3.63) is 0 Å². The number of unbranched alkanes of at least 4 members (excludes halogenated alkanes) is 8. The molecule has 0 aromatic heterocycles. The first-order valence-corrected chi connectivity index (χ1v) is 9.78. The highest BCUT2D eigenvalue weighted by atomic mass is 32.2. The van der Waals surface area contributed by atoms with Gasteiger partial charge in [0.25, 0.3) is 10.1 Å². The van der Waals surface area contributed by atoms with Gasteiger partial charge in [0, 0.05) is 0 Å². The van der Waals surface area contributed by atoms with Crippen molar-refractivity contribution in [1.29, 1.82) is 0 Å². The van der Waals surface area contributed by atoms with E-state index >= 15 is 0 Å². The van der Waals surface area contributed by atoms with Crippen molar-refractivity contribution in [2.75, 3.05) is 6.54 Å². The molecule has 0 rings (SSSR count). The van der Waals surface area contributed by atoms with Gasteiger partial charge in [0.05, 0.1) is 6.42 Å². The number of rotatable bonds is 13. The Labute approximate surface area is 144 Å². The molecule has 5 N–H and O–H groups in total. The fourth-order valence-corrected chi connectivity index (χ4v) is 2.54. The molecule has 0 radical (unpaired) electrons. The van der Waals surface area contributed by atoms with Crippen molar-refractivity contribution in [1.82, 2.24) is 0 Å². The lowest BCUT2D eigenvalue weighted by molar-refractivity contribution is -0.143. The maximum atomic E-state index is 10.2. The van der Waals surface area contributed by atoms with Crippen molar-refractivity contribution in [2.45, 2.75) is 76.4 Å². The van der Waals surface area contributed by atoms with Crippen LogP contribution in [0, 0.1) is 0 Å². The molecular weight excluding hydrogens is 338 g/mol. The smallest absolute Gasteiger partial charge is 0.325 e. The summed E-state index contributed by atoms with van der Waals surface area (Å²) in [6, 6.07) is 0. The van der Waals surface area contributed by atoms with E-state index in [4.69, 9.17) is 20.5 Å². The Morgan fingerprint density at radius 3 is 1.58 bits per heavy atom. The lowest BCUT2D eigenvalue weighted by Crippen LogP contribution is -2.31. The normalized spacial score (nSPS) is 12.1. The Bertz CT molecular complexity index is 427. The summed E-state index contributed by atoms with van der Waals surface area (Å²) in [6.45, 7) is 3.14. The predicted molar refractivity (Wildman–Crippen MR) is 91.5 cm³/mol. The van der Waals surface area contributed by atoms with Gasteiger partial charge >= 0.3 is 11.9 Å². The molecule has 0 aliphatic carbocycles. The van der Waals surface area contributed by atoms with Crippen molar-refractivity contribution in [3.8, 4) is 0 Å². The number of nitrogens with two attached hydrogens (primary N) is 1. The quantitative estimate of drug-likeness (QED) is 0.284. The van der Waals surface area contributed by atoms with Crippen LogP contribution in [-0.2, 0) is 19.7 Å². The number of hydrogen-bond acceptors (Lipinski definition) is 5. The Kier molecular flexibility index (Phi) is 16.0. The van der Waals surface area contributed by atoms with Crippen LogP contribution in [0.1, 0.15) is 71.1 Å². The van der Waals surface area contributed by atoms with Crippen LogP contribution in [0.5, 0.6) is 0 Å². The molecule has 0 amide bonds. The molecule has 0 aliphatic rings. The molecule has 1 unspecified atom stereocenters. The number of aliphatic carboxylic acids is 2. The molecule has 0 spiro atoms. The second kappa shape index (κ2) is 15.3. The van der Waals surface area contributed by atoms with Gasteiger partial charge in [-0.2, -0.15) is 8.42 Å². The highest BCUT2D eigenvalue weighted by molar-refractivity contribution is 7.87. The third-order valence-electron chi connectivity index (χ3n) is 3.30. The summed E-state index contributed by atoms with van der Waals surface area (Å²) in [5, 5.41) is 13.9. The minimum absolute atomic E-state index is 0.871. The van der Waals surface area contributed by atoms with Gasteiger partial charge in [0.2, 0.25) is 0 Å². The Morgan fingerprint density at radius 1 is 0.917 bits per heavy atom. The monoisotopic (exact) mass is 369 g/mol. The van der Waals surface area contributed by atoms with Crippen LogP contribution < -0.4 is 5.73 Å². The SMILES string of the molecule is CCCCCCCCCCCN.O=C(O)CC(C(=O)O)S(=O)(=O)O. The second-order valence-corrected chi connectivity index (χ2v) is 7.16. The van der Waals surface area contributed by atoms with Gasteiger partial charge in [-0.3, -0.25) is 14.1 Å². The van der Waals surface area contributed by atoms with Gasteiger partial charge in [0.1, 0.15) is 0 Å². The van der Waals surface area contributed by atoms with E-state index in [-0.39, 0.29) is 0 Å². The van der Waals surface area contributed by atoms with E-state index in [0.717, 1.165) is 6.54 Å². The van der Waals surface area contributed by atoms with Crippen LogP contribution in [0.4, 0.5) is 0 Å². The van der Waals surface area contributed by atoms with Crippen LogP contribution in [0.3, 0.4) is 0 Å². The zero-order valence-corrected chi connectivity index (χ0v) is 15.1. The zero-order chi connectivity index (χ0) is 19.0. The molecule has 0 fully saturated rings. The third kappa shape index (κ3) is 17.2. The van der Waals surface area contributed by atoms with Crippen molar-refractivity contribution < 1.29 is 32.8 Å². The minimum Gasteiger partial charge on any atom is -0.481 e. The zero-order valence-electron chi connectivity index (χ0n) is 14.3. The maximum Gasteiger partial charge on any atom is 0.325 e. The van der Waals surface area contributed by atoms with Gasteiger partial charge < -0.3 is 15.9 Å². The molecule has 9 heteroatoms. The standard InChI is InChI=1S/C11H25N.C4H6O7S/c1-2-3-4-5-6-7-8-9-10-11-12;5-3(6)1-2(4(7)8)12(9,10)11/h2-12H2,1H3;2H,1H2,(H,5,6)(H,7,8)(H,9,10,11). The van der Waals surface area contributed by atoms with Gasteiger partial charge in [-0.25, -0.2) is 0 Å². The fraction of sp³-hybridized carbons (Fsp3) is 0.867. The summed E-state index contributed by atoms with van der Waals surface area (Å²) in [4.78, 5) is 20.0. The molecule has 0 saturated carbocycles. The van der Waals surface area contributed by atoms with Gasteiger partial charge in [-0.05, 0) is 13.0 Å². The first kappa shape index (κ1) is 25.1. The lowest BCUT2D eigenvalue weighted by Gasteiger charge is -2.04. The summed E-state index contributed by atoms with van der Waals surface area (Å²) in [6.07, 6.45) is 11.3. The maximum absolute atomic E-state index is 10.2. The molecule has 8 nitrogen and oxygen atoms in total. The molecule has 0 aromatic rings. The molecule has 0 aromatic carbocycles. The highest BCUT2D eigenvalue weighted by Crippen LogP contribution is 2.08. The first-order valence-electron chi connectivity index (χ1n) is 8.27. The van der Waals surface area contributed by atoms with E-state index in [1.807, 2.05) is 0 Å². The molecule has 1 atom stereocenters. The number of hydrogen-bond donors (Lipinski definition) is 4. The fourth-order valence-electron chi connectivity index (χ4n) is 1.93. The molecule has 0 heterocycles. The first-order chi connectivity index (χ1) is 11.2. The van der Waals surface area contributed by atoms with E-state index in [2.05, 4.69) is 6.92 Å². The van der Waals surface area contributed by atoms with E-state index < -0.39 is 33.7 Å². The molecule has 144 valence electrons. The van der Waals surface area contributed by atoms with E-state index in [1.54, 1.807) is 0 Å². The van der Waals surface area contributed by atoms with Crippen molar-refractivity contribution in [3.63, 3.8) is 0 Å².